The summed E-state index contributed by atoms with van der Waals surface area (Å²) in [5.41, 5.74) is 2.61. The van der Waals surface area contributed by atoms with E-state index < -0.39 is 36.4 Å². The summed E-state index contributed by atoms with van der Waals surface area (Å²) in [5.74, 6) is -0.296. The van der Waals surface area contributed by atoms with Crippen molar-refractivity contribution in [2.45, 2.75) is 83.6 Å². The molecule has 4 amide bonds. The van der Waals surface area contributed by atoms with Gasteiger partial charge in [-0.25, -0.2) is 14.6 Å². The van der Waals surface area contributed by atoms with Crippen LogP contribution in [0.4, 0.5) is 9.59 Å². The second-order valence-corrected chi connectivity index (χ2v) is 12.7. The number of carboxylic acid groups (broad SMARTS) is 1. The minimum atomic E-state index is -1.24. The van der Waals surface area contributed by atoms with Crippen LogP contribution in [0.5, 0.6) is 0 Å². The lowest BCUT2D eigenvalue weighted by Gasteiger charge is -2.30. The highest BCUT2D eigenvalue weighted by Crippen LogP contribution is 2.20. The van der Waals surface area contributed by atoms with Gasteiger partial charge in [0.2, 0.25) is 5.91 Å². The maximum Gasteiger partial charge on any atom is 0.404 e. The lowest BCUT2D eigenvalue weighted by atomic mass is 9.93. The Labute approximate surface area is 263 Å². The molecule has 0 bridgehead atoms. The maximum absolute atomic E-state index is 13.7. The van der Waals surface area contributed by atoms with Crippen molar-refractivity contribution in [3.05, 3.63) is 87.9 Å². The Kier molecular flexibility index (Phi) is 13.2. The monoisotopic (exact) mass is 623 g/mol. The summed E-state index contributed by atoms with van der Waals surface area (Å²) in [7, 11) is 1.66. The number of hydrogen-bond donors (Lipinski definition) is 5. The average Bonchev–Trinajstić information content (AvgIpc) is 3.45. The molecule has 0 saturated carbocycles. The SMILES string of the molecule is CC(C)c1nc(CN(C)C(=O)N[C@H](C(=O)N[C@@H](Cc2ccccc2)C[C@H](O)[C@H](Cc2ccccc2)NC(=O)O)C(C)C)cs1. The van der Waals surface area contributed by atoms with E-state index in [1.807, 2.05) is 79.9 Å². The zero-order valence-corrected chi connectivity index (χ0v) is 26.9. The summed E-state index contributed by atoms with van der Waals surface area (Å²) in [6, 6.07) is 16.3. The van der Waals surface area contributed by atoms with Crippen molar-refractivity contribution in [2.75, 3.05) is 7.05 Å². The molecular formula is C33H45N5O5S. The molecule has 11 heteroatoms. The molecule has 1 aromatic heterocycles. The number of carbonyl (C=O) groups excluding carboxylic acids is 2. The van der Waals surface area contributed by atoms with Crippen LogP contribution in [0.3, 0.4) is 0 Å². The summed E-state index contributed by atoms with van der Waals surface area (Å²) < 4.78 is 0. The Hall–Kier alpha value is -3.96. The van der Waals surface area contributed by atoms with Gasteiger partial charge >= 0.3 is 12.1 Å². The molecule has 3 rings (SSSR count). The lowest BCUT2D eigenvalue weighted by Crippen LogP contribution is -2.55. The summed E-state index contributed by atoms with van der Waals surface area (Å²) in [4.78, 5) is 44.5. The van der Waals surface area contributed by atoms with Crippen LogP contribution in [0.15, 0.2) is 66.0 Å². The molecule has 44 heavy (non-hydrogen) atoms. The van der Waals surface area contributed by atoms with E-state index in [1.165, 1.54) is 4.90 Å². The molecule has 0 fully saturated rings. The van der Waals surface area contributed by atoms with E-state index in [1.54, 1.807) is 18.4 Å². The molecule has 238 valence electrons. The second kappa shape index (κ2) is 16.8. The number of urea groups is 1. The number of nitrogens with zero attached hydrogens (tertiary/aromatic N) is 2. The molecule has 0 aliphatic rings. The molecule has 0 unspecified atom stereocenters. The Balaban J connectivity index is 1.73. The molecule has 0 saturated heterocycles. The molecule has 2 aromatic carbocycles. The summed E-state index contributed by atoms with van der Waals surface area (Å²) >= 11 is 1.56. The number of thiazole rings is 1. The van der Waals surface area contributed by atoms with Gasteiger partial charge in [-0.15, -0.1) is 11.3 Å². The van der Waals surface area contributed by atoms with Crippen LogP contribution in [0.25, 0.3) is 0 Å². The fourth-order valence-electron chi connectivity index (χ4n) is 4.90. The number of hydrogen-bond acceptors (Lipinski definition) is 6. The van der Waals surface area contributed by atoms with Gasteiger partial charge in [0.15, 0.2) is 0 Å². The Morgan fingerprint density at radius 1 is 0.886 bits per heavy atom. The largest absolute Gasteiger partial charge is 0.465 e. The minimum Gasteiger partial charge on any atom is -0.465 e. The number of benzene rings is 2. The second-order valence-electron chi connectivity index (χ2n) is 11.8. The highest BCUT2D eigenvalue weighted by Gasteiger charge is 2.30. The first-order chi connectivity index (χ1) is 20.9. The van der Waals surface area contributed by atoms with Crippen LogP contribution < -0.4 is 16.0 Å². The number of aliphatic hydroxyl groups is 1. The molecule has 1 heterocycles. The van der Waals surface area contributed by atoms with Crippen molar-refractivity contribution in [1.29, 1.82) is 0 Å². The van der Waals surface area contributed by atoms with Gasteiger partial charge in [0, 0.05) is 24.4 Å². The smallest absolute Gasteiger partial charge is 0.404 e. The molecule has 3 aromatic rings. The normalized spacial score (nSPS) is 14.0. The lowest BCUT2D eigenvalue weighted by molar-refractivity contribution is -0.124. The third kappa shape index (κ3) is 10.9. The first-order valence-electron chi connectivity index (χ1n) is 14.9. The van der Waals surface area contributed by atoms with Gasteiger partial charge < -0.3 is 31.1 Å². The van der Waals surface area contributed by atoms with Gasteiger partial charge in [0.1, 0.15) is 6.04 Å². The molecule has 10 nitrogen and oxygen atoms in total. The number of aromatic nitrogens is 1. The van der Waals surface area contributed by atoms with Gasteiger partial charge in [-0.1, -0.05) is 88.4 Å². The van der Waals surface area contributed by atoms with E-state index in [2.05, 4.69) is 34.8 Å². The summed E-state index contributed by atoms with van der Waals surface area (Å²) in [6.07, 6.45) is -1.53. The first-order valence-corrected chi connectivity index (χ1v) is 15.8. The maximum atomic E-state index is 13.7. The molecular weight excluding hydrogens is 578 g/mol. The van der Waals surface area contributed by atoms with Crippen molar-refractivity contribution in [1.82, 2.24) is 25.8 Å². The Morgan fingerprint density at radius 3 is 2.00 bits per heavy atom. The number of carbonyl (C=O) groups is 3. The zero-order valence-electron chi connectivity index (χ0n) is 26.1. The van der Waals surface area contributed by atoms with Gasteiger partial charge in [-0.2, -0.15) is 0 Å². The molecule has 4 atom stereocenters. The summed E-state index contributed by atoms with van der Waals surface area (Å²) in [6.45, 7) is 8.16. The van der Waals surface area contributed by atoms with Crippen LogP contribution in [0, 0.1) is 5.92 Å². The van der Waals surface area contributed by atoms with Gasteiger partial charge in [-0.3, -0.25) is 4.79 Å². The number of rotatable bonds is 15. The van der Waals surface area contributed by atoms with Gasteiger partial charge in [0.05, 0.1) is 29.4 Å². The van der Waals surface area contributed by atoms with Crippen molar-refractivity contribution in [3.8, 4) is 0 Å². The topological polar surface area (TPSA) is 144 Å². The third-order valence-electron chi connectivity index (χ3n) is 7.31. The number of nitrogens with one attached hydrogen (secondary N) is 3. The zero-order chi connectivity index (χ0) is 32.2. The van der Waals surface area contributed by atoms with Crippen LogP contribution in [-0.4, -0.2) is 69.4 Å². The van der Waals surface area contributed by atoms with Crippen molar-refractivity contribution < 1.29 is 24.6 Å². The van der Waals surface area contributed by atoms with Crippen molar-refractivity contribution in [3.63, 3.8) is 0 Å². The van der Waals surface area contributed by atoms with Crippen LogP contribution >= 0.6 is 11.3 Å². The molecule has 5 N–H and O–H groups in total. The Bertz CT molecular complexity index is 1330. The van der Waals surface area contributed by atoms with Crippen molar-refractivity contribution in [2.24, 2.45) is 5.92 Å². The van der Waals surface area contributed by atoms with Gasteiger partial charge in [0.25, 0.3) is 0 Å². The molecule has 0 aliphatic heterocycles. The highest BCUT2D eigenvalue weighted by molar-refractivity contribution is 7.09. The molecule has 0 spiro atoms. The van der Waals surface area contributed by atoms with Gasteiger partial charge in [-0.05, 0) is 36.3 Å². The van der Waals surface area contributed by atoms with E-state index in [0.29, 0.717) is 18.9 Å². The fourth-order valence-corrected chi connectivity index (χ4v) is 5.73. The van der Waals surface area contributed by atoms with E-state index in [9.17, 15) is 24.6 Å². The molecule has 0 aliphatic carbocycles. The minimum absolute atomic E-state index is 0.0963. The summed E-state index contributed by atoms with van der Waals surface area (Å²) in [5, 5.41) is 32.0. The van der Waals surface area contributed by atoms with Crippen molar-refractivity contribution >= 4 is 29.4 Å². The van der Waals surface area contributed by atoms with E-state index in [0.717, 1.165) is 21.8 Å². The third-order valence-corrected chi connectivity index (χ3v) is 8.50. The van der Waals surface area contributed by atoms with Crippen LogP contribution in [-0.2, 0) is 24.2 Å². The highest BCUT2D eigenvalue weighted by atomic mass is 32.1. The van der Waals surface area contributed by atoms with Crippen LogP contribution in [0.2, 0.25) is 0 Å². The standard InChI is InChI=1S/C33H45N5O5S/c1-21(2)29(37-32(41)38(5)19-26-20-44-31(35-26)22(3)4)30(40)34-25(16-23-12-8-6-9-13-23)18-28(39)27(36-33(42)43)17-24-14-10-7-11-15-24/h6-15,20-22,25,27-29,36,39H,16-19H2,1-5H3,(H,34,40)(H,37,41)(H,42,43)/t25-,27-,28-,29-/m0/s1. The quantitative estimate of drug-likeness (QED) is 0.165. The predicted octanol–water partition coefficient (Wildman–Crippen LogP) is 4.79. The predicted molar refractivity (Wildman–Crippen MR) is 173 cm³/mol. The number of aliphatic hydroxyl groups excluding tert-OH is 1. The average molecular weight is 624 g/mol. The number of amides is 4. The van der Waals surface area contributed by atoms with E-state index >= 15 is 0 Å². The first kappa shape index (κ1) is 34.5. The molecule has 0 radical (unpaired) electrons. The van der Waals surface area contributed by atoms with Crippen LogP contribution in [0.1, 0.15) is 61.9 Å². The fraction of sp³-hybridized carbons (Fsp3) is 0.455. The Morgan fingerprint density at radius 2 is 1.48 bits per heavy atom. The van der Waals surface area contributed by atoms with E-state index in [4.69, 9.17) is 0 Å². The van der Waals surface area contributed by atoms with E-state index in [-0.39, 0.29) is 24.7 Å².